The number of carbonyl (C=O) groups is 1. The van der Waals surface area contributed by atoms with Gasteiger partial charge in [-0.3, -0.25) is 4.98 Å². The van der Waals surface area contributed by atoms with Crippen molar-refractivity contribution in [3.05, 3.63) is 52.9 Å². The van der Waals surface area contributed by atoms with Gasteiger partial charge >= 0.3 is 6.09 Å². The molecule has 1 fully saturated rings. The highest BCUT2D eigenvalue weighted by atomic mass is 35.5. The zero-order chi connectivity index (χ0) is 24.2. The minimum atomic E-state index is -0.625. The fourth-order valence-corrected chi connectivity index (χ4v) is 4.05. The molecule has 0 spiro atoms. The Kier molecular flexibility index (Phi) is 6.89. The highest BCUT2D eigenvalue weighted by Crippen LogP contribution is 2.39. The Balaban J connectivity index is 1.70. The molecular weight excluding hydrogens is 463 g/mol. The van der Waals surface area contributed by atoms with Gasteiger partial charge in [-0.1, -0.05) is 17.7 Å². The van der Waals surface area contributed by atoms with Crippen LogP contribution in [0.5, 0.6) is 11.5 Å². The van der Waals surface area contributed by atoms with Crippen LogP contribution in [0.3, 0.4) is 0 Å². The van der Waals surface area contributed by atoms with Gasteiger partial charge in [0.25, 0.3) is 0 Å². The van der Waals surface area contributed by atoms with E-state index < -0.39 is 5.82 Å². The van der Waals surface area contributed by atoms with E-state index in [4.69, 9.17) is 25.8 Å². The maximum absolute atomic E-state index is 14.6. The van der Waals surface area contributed by atoms with E-state index in [1.165, 1.54) is 32.5 Å². The second kappa shape index (κ2) is 10.0. The number of pyridine rings is 1. The Morgan fingerprint density at radius 3 is 2.71 bits per heavy atom. The molecule has 1 amide bonds. The molecule has 0 atom stereocenters. The third-order valence-corrected chi connectivity index (χ3v) is 5.95. The summed E-state index contributed by atoms with van der Waals surface area (Å²) in [6.45, 7) is 1.02. The van der Waals surface area contributed by atoms with E-state index >= 15 is 0 Å². The number of anilines is 2. The molecule has 3 aromatic rings. The Labute approximate surface area is 200 Å². The number of aromatic nitrogens is 1. The molecule has 8 nitrogen and oxygen atoms in total. The van der Waals surface area contributed by atoms with Crippen molar-refractivity contribution >= 4 is 40.0 Å². The Bertz CT molecular complexity index is 1270. The first-order valence-electron chi connectivity index (χ1n) is 10.6. The summed E-state index contributed by atoms with van der Waals surface area (Å²) in [5, 5.41) is 13.2. The van der Waals surface area contributed by atoms with Crippen molar-refractivity contribution in [3.8, 4) is 17.6 Å². The first-order chi connectivity index (χ1) is 16.4. The fourth-order valence-electron chi connectivity index (χ4n) is 3.87. The smallest absolute Gasteiger partial charge is 0.409 e. The SMILES string of the molecule is COC(=O)N1CCC(Oc2cc3c(Nc4cccc(Cl)c4F)c(C#N)cnc3cc2OC)CC1. The molecule has 1 saturated heterocycles. The molecule has 1 aromatic heterocycles. The van der Waals surface area contributed by atoms with Gasteiger partial charge in [0.05, 0.1) is 41.7 Å². The minimum Gasteiger partial charge on any atom is -0.493 e. The second-order valence-electron chi connectivity index (χ2n) is 7.68. The summed E-state index contributed by atoms with van der Waals surface area (Å²) < 4.78 is 31.1. The highest BCUT2D eigenvalue weighted by molar-refractivity contribution is 6.31. The highest BCUT2D eigenvalue weighted by Gasteiger charge is 2.26. The number of carbonyl (C=O) groups excluding carboxylic acids is 1. The van der Waals surface area contributed by atoms with E-state index in [2.05, 4.69) is 16.4 Å². The van der Waals surface area contributed by atoms with Gasteiger partial charge in [0.1, 0.15) is 12.2 Å². The molecule has 34 heavy (non-hydrogen) atoms. The van der Waals surface area contributed by atoms with E-state index in [9.17, 15) is 14.4 Å². The van der Waals surface area contributed by atoms with Crippen molar-refractivity contribution in [1.82, 2.24) is 9.88 Å². The number of likely N-dealkylation sites (tertiary alicyclic amines) is 1. The van der Waals surface area contributed by atoms with Crippen LogP contribution in [0.1, 0.15) is 18.4 Å². The van der Waals surface area contributed by atoms with Gasteiger partial charge in [-0.2, -0.15) is 5.26 Å². The first-order valence-corrected chi connectivity index (χ1v) is 10.9. The zero-order valence-electron chi connectivity index (χ0n) is 18.6. The Morgan fingerprint density at radius 1 is 1.26 bits per heavy atom. The van der Waals surface area contributed by atoms with E-state index in [0.717, 1.165) is 0 Å². The standard InChI is InChI=1S/C24H22ClFN4O4/c1-32-20-11-19-16(10-21(20)34-15-6-8-30(9-7-15)24(31)33-2)23(14(12-27)13-28-19)29-18-5-3-4-17(25)22(18)26/h3-5,10-11,13,15H,6-9H2,1-2H3,(H,28,29). The quantitative estimate of drug-likeness (QED) is 0.527. The van der Waals surface area contributed by atoms with Gasteiger partial charge in [0.15, 0.2) is 17.3 Å². The zero-order valence-corrected chi connectivity index (χ0v) is 19.4. The Hall–Kier alpha value is -3.77. The molecule has 0 radical (unpaired) electrons. The summed E-state index contributed by atoms with van der Waals surface area (Å²) >= 11 is 5.92. The number of nitrogens with one attached hydrogen (secondary N) is 1. The molecular formula is C24H22ClFN4O4. The first kappa shape index (κ1) is 23.4. The predicted octanol–water partition coefficient (Wildman–Crippen LogP) is 5.26. The minimum absolute atomic E-state index is 0.0362. The van der Waals surface area contributed by atoms with Gasteiger partial charge < -0.3 is 24.4 Å². The van der Waals surface area contributed by atoms with Gasteiger partial charge in [-0.15, -0.1) is 0 Å². The van der Waals surface area contributed by atoms with Crippen LogP contribution in [0.4, 0.5) is 20.6 Å². The lowest BCUT2D eigenvalue weighted by Crippen LogP contribution is -2.41. The lowest BCUT2D eigenvalue weighted by atomic mass is 10.1. The molecule has 1 aliphatic rings. The average molecular weight is 485 g/mol. The molecule has 0 unspecified atom stereocenters. The van der Waals surface area contributed by atoms with E-state index in [-0.39, 0.29) is 28.5 Å². The fraction of sp³-hybridized carbons (Fsp3) is 0.292. The number of benzene rings is 2. The third kappa shape index (κ3) is 4.63. The second-order valence-corrected chi connectivity index (χ2v) is 8.09. The van der Waals surface area contributed by atoms with Crippen molar-refractivity contribution < 1.29 is 23.4 Å². The molecule has 10 heteroatoms. The van der Waals surface area contributed by atoms with Crippen LogP contribution in [-0.4, -0.2) is 49.4 Å². The van der Waals surface area contributed by atoms with Gasteiger partial charge in [0.2, 0.25) is 0 Å². The van der Waals surface area contributed by atoms with E-state index in [0.29, 0.717) is 54.0 Å². The van der Waals surface area contributed by atoms with Crippen molar-refractivity contribution in [2.45, 2.75) is 18.9 Å². The summed E-state index contributed by atoms with van der Waals surface area (Å²) in [7, 11) is 2.88. The van der Waals surface area contributed by atoms with Crippen molar-refractivity contribution in [1.29, 1.82) is 5.26 Å². The summed E-state index contributed by atoms with van der Waals surface area (Å²) in [4.78, 5) is 17.7. The Morgan fingerprint density at radius 2 is 2.03 bits per heavy atom. The van der Waals surface area contributed by atoms with Gasteiger partial charge in [-0.05, 0) is 18.2 Å². The summed E-state index contributed by atoms with van der Waals surface area (Å²) in [6, 6.07) is 10.1. The predicted molar refractivity (Wildman–Crippen MR) is 125 cm³/mol. The van der Waals surface area contributed by atoms with Crippen LogP contribution in [0.15, 0.2) is 36.5 Å². The molecule has 2 aromatic carbocycles. The van der Waals surface area contributed by atoms with Crippen LogP contribution < -0.4 is 14.8 Å². The number of methoxy groups -OCH3 is 2. The molecule has 176 valence electrons. The molecule has 1 N–H and O–H groups in total. The number of amides is 1. The normalized spacial score (nSPS) is 13.9. The molecule has 0 saturated carbocycles. The summed E-state index contributed by atoms with van der Waals surface area (Å²) in [5.41, 5.74) is 1.27. The maximum atomic E-state index is 14.6. The van der Waals surface area contributed by atoms with Crippen LogP contribution in [0.2, 0.25) is 5.02 Å². The summed E-state index contributed by atoms with van der Waals surface area (Å²) in [6.07, 6.45) is 2.13. The number of piperidine rings is 1. The van der Waals surface area contributed by atoms with Crippen LogP contribution in [0.25, 0.3) is 10.9 Å². The lowest BCUT2D eigenvalue weighted by Gasteiger charge is -2.31. The lowest BCUT2D eigenvalue weighted by molar-refractivity contribution is 0.0779. The third-order valence-electron chi connectivity index (χ3n) is 5.65. The molecule has 1 aliphatic heterocycles. The molecule has 2 heterocycles. The van der Waals surface area contributed by atoms with Crippen LogP contribution in [0, 0.1) is 17.1 Å². The maximum Gasteiger partial charge on any atom is 0.409 e. The van der Waals surface area contributed by atoms with Crippen molar-refractivity contribution in [3.63, 3.8) is 0 Å². The van der Waals surface area contributed by atoms with Crippen molar-refractivity contribution in [2.75, 3.05) is 32.6 Å². The van der Waals surface area contributed by atoms with Crippen LogP contribution >= 0.6 is 11.6 Å². The molecule has 0 aliphatic carbocycles. The van der Waals surface area contributed by atoms with E-state index in [1.807, 2.05) is 0 Å². The van der Waals surface area contributed by atoms with Crippen LogP contribution in [-0.2, 0) is 4.74 Å². The van der Waals surface area contributed by atoms with Gasteiger partial charge in [0, 0.05) is 43.6 Å². The number of nitrogens with zero attached hydrogens (tertiary/aromatic N) is 3. The average Bonchev–Trinajstić information content (AvgIpc) is 2.86. The molecule has 4 rings (SSSR count). The number of ether oxygens (including phenoxy) is 3. The number of fused-ring (bicyclic) bond motifs is 1. The topological polar surface area (TPSA) is 96.7 Å². The number of rotatable bonds is 5. The summed E-state index contributed by atoms with van der Waals surface area (Å²) in [5.74, 6) is 0.304. The number of hydrogen-bond acceptors (Lipinski definition) is 7. The largest absolute Gasteiger partial charge is 0.493 e. The van der Waals surface area contributed by atoms with E-state index in [1.54, 1.807) is 23.1 Å². The van der Waals surface area contributed by atoms with Crippen molar-refractivity contribution in [2.24, 2.45) is 0 Å². The molecule has 0 bridgehead atoms. The monoisotopic (exact) mass is 484 g/mol. The number of nitriles is 1. The number of hydrogen-bond donors (Lipinski definition) is 1. The number of halogens is 2. The van der Waals surface area contributed by atoms with Gasteiger partial charge in [-0.25, -0.2) is 9.18 Å².